The highest BCUT2D eigenvalue weighted by Crippen LogP contribution is 2.32. The van der Waals surface area contributed by atoms with E-state index in [4.69, 9.17) is 9.52 Å². The fourth-order valence-electron chi connectivity index (χ4n) is 4.40. The van der Waals surface area contributed by atoms with Gasteiger partial charge in [-0.05, 0) is 67.0 Å². The van der Waals surface area contributed by atoms with Gasteiger partial charge in [0.05, 0.1) is 30.9 Å². The first-order chi connectivity index (χ1) is 16.4. The van der Waals surface area contributed by atoms with Crippen LogP contribution in [0.5, 0.6) is 0 Å². The number of sulfonamides is 1. The van der Waals surface area contributed by atoms with Crippen LogP contribution in [0.15, 0.2) is 52.3 Å². The fourth-order valence-corrected chi connectivity index (χ4v) is 7.10. The molecule has 35 heavy (non-hydrogen) atoms. The van der Waals surface area contributed by atoms with Gasteiger partial charge in [0.1, 0.15) is 0 Å². The normalized spacial score (nSPS) is 16.7. The summed E-state index contributed by atoms with van der Waals surface area (Å²) in [6.45, 7) is 8.53. The molecule has 0 spiro atoms. The van der Waals surface area contributed by atoms with Gasteiger partial charge in [-0.3, -0.25) is 4.31 Å². The van der Waals surface area contributed by atoms with Crippen LogP contribution in [0, 0.1) is 16.6 Å². The SMILES string of the molecule is CCc1ccc(N(CC(C)C)S(=O)(=O)c2ccc(N(C)CC3CCOCC3)c(S(C)(=N)=O)c2)cc1. The Bertz CT molecular complexity index is 1200. The zero-order valence-electron chi connectivity index (χ0n) is 21.5. The standard InChI is InChI=1S/C26H39N3O4S2/c1-6-21-7-9-23(10-8-21)29(18-20(2)3)35(31,32)24-11-12-25(26(17-24)34(5,27)30)28(4)19-22-13-15-33-16-14-22/h7-12,17,20,22,27H,6,13-16,18-19H2,1-5H3. The van der Waals surface area contributed by atoms with Crippen LogP contribution in [0.1, 0.15) is 39.2 Å². The topological polar surface area (TPSA) is 90.8 Å². The lowest BCUT2D eigenvalue weighted by atomic mass is 10.00. The van der Waals surface area contributed by atoms with Gasteiger partial charge in [0, 0.05) is 39.6 Å². The molecule has 9 heteroatoms. The van der Waals surface area contributed by atoms with Crippen molar-refractivity contribution in [2.45, 2.75) is 49.8 Å². The lowest BCUT2D eigenvalue weighted by Crippen LogP contribution is -2.34. The van der Waals surface area contributed by atoms with Gasteiger partial charge in [0.25, 0.3) is 10.0 Å². The Kier molecular flexibility index (Phi) is 8.88. The van der Waals surface area contributed by atoms with Gasteiger partial charge in [-0.15, -0.1) is 0 Å². The molecule has 1 aliphatic rings. The number of hydrogen-bond acceptors (Lipinski definition) is 6. The van der Waals surface area contributed by atoms with Crippen LogP contribution in [0.2, 0.25) is 0 Å². The molecule has 1 heterocycles. The lowest BCUT2D eigenvalue weighted by molar-refractivity contribution is 0.0685. The van der Waals surface area contributed by atoms with E-state index < -0.39 is 19.8 Å². The van der Waals surface area contributed by atoms with E-state index in [2.05, 4.69) is 6.92 Å². The number of benzene rings is 2. The Morgan fingerprint density at radius 2 is 1.69 bits per heavy atom. The van der Waals surface area contributed by atoms with E-state index in [1.807, 2.05) is 50.1 Å². The summed E-state index contributed by atoms with van der Waals surface area (Å²) in [7, 11) is -5.19. The molecule has 0 saturated carbocycles. The van der Waals surface area contributed by atoms with E-state index in [-0.39, 0.29) is 15.7 Å². The molecule has 0 aliphatic carbocycles. The van der Waals surface area contributed by atoms with Gasteiger partial charge in [-0.1, -0.05) is 32.9 Å². The largest absolute Gasteiger partial charge is 0.381 e. The summed E-state index contributed by atoms with van der Waals surface area (Å²) < 4.78 is 55.9. The quantitative estimate of drug-likeness (QED) is 0.475. The third-order valence-corrected chi connectivity index (χ3v) is 9.34. The van der Waals surface area contributed by atoms with Crippen molar-refractivity contribution in [2.75, 3.05) is 48.8 Å². The van der Waals surface area contributed by atoms with E-state index >= 15 is 0 Å². The molecular formula is C26H39N3O4S2. The van der Waals surface area contributed by atoms with Gasteiger partial charge in [0.15, 0.2) is 0 Å². The highest BCUT2D eigenvalue weighted by Gasteiger charge is 2.28. The van der Waals surface area contributed by atoms with Gasteiger partial charge in [0.2, 0.25) is 0 Å². The molecule has 1 aliphatic heterocycles. The highest BCUT2D eigenvalue weighted by molar-refractivity contribution is 7.93. The number of aryl methyl sites for hydroxylation is 1. The van der Waals surface area contributed by atoms with Gasteiger partial charge in [-0.2, -0.15) is 0 Å². The minimum Gasteiger partial charge on any atom is -0.381 e. The molecule has 1 atom stereocenters. The molecule has 0 aromatic heterocycles. The summed E-state index contributed by atoms with van der Waals surface area (Å²) in [5.41, 5.74) is 2.37. The van der Waals surface area contributed by atoms with Gasteiger partial charge in [-0.25, -0.2) is 17.4 Å². The maximum atomic E-state index is 13.8. The number of anilines is 2. The Morgan fingerprint density at radius 3 is 2.23 bits per heavy atom. The third-order valence-electron chi connectivity index (χ3n) is 6.39. The van der Waals surface area contributed by atoms with Crippen LogP contribution >= 0.6 is 0 Å². The first-order valence-corrected chi connectivity index (χ1v) is 15.6. The smallest absolute Gasteiger partial charge is 0.264 e. The molecule has 0 radical (unpaired) electrons. The fraction of sp³-hybridized carbons (Fsp3) is 0.538. The summed E-state index contributed by atoms with van der Waals surface area (Å²) in [4.78, 5) is 2.30. The molecule has 2 aromatic carbocycles. The van der Waals surface area contributed by atoms with Crippen LogP contribution in [0.25, 0.3) is 0 Å². The van der Waals surface area contributed by atoms with Crippen molar-refractivity contribution in [2.24, 2.45) is 11.8 Å². The van der Waals surface area contributed by atoms with E-state index in [1.165, 1.54) is 16.6 Å². The lowest BCUT2D eigenvalue weighted by Gasteiger charge is -2.30. The number of nitrogens with one attached hydrogen (secondary N) is 1. The summed E-state index contributed by atoms with van der Waals surface area (Å²) in [5, 5.41) is 0. The van der Waals surface area contributed by atoms with Crippen molar-refractivity contribution in [1.29, 1.82) is 4.78 Å². The van der Waals surface area contributed by atoms with E-state index in [1.54, 1.807) is 12.1 Å². The number of ether oxygens (including phenoxy) is 1. The van der Waals surface area contributed by atoms with Crippen molar-refractivity contribution in [3.8, 4) is 0 Å². The Morgan fingerprint density at radius 1 is 1.06 bits per heavy atom. The Hall–Kier alpha value is -2.10. The van der Waals surface area contributed by atoms with Crippen molar-refractivity contribution in [1.82, 2.24) is 0 Å². The van der Waals surface area contributed by atoms with E-state index in [9.17, 15) is 12.6 Å². The summed E-state index contributed by atoms with van der Waals surface area (Å²) >= 11 is 0. The van der Waals surface area contributed by atoms with Crippen molar-refractivity contribution in [3.05, 3.63) is 48.0 Å². The van der Waals surface area contributed by atoms with Crippen LogP contribution in [-0.2, 0) is 30.9 Å². The summed E-state index contributed by atoms with van der Waals surface area (Å²) in [5.74, 6) is 0.544. The summed E-state index contributed by atoms with van der Waals surface area (Å²) in [6.07, 6.45) is 4.13. The van der Waals surface area contributed by atoms with E-state index in [0.717, 1.165) is 44.6 Å². The summed E-state index contributed by atoms with van der Waals surface area (Å²) in [6, 6.07) is 12.3. The van der Waals surface area contributed by atoms with Crippen LogP contribution in [-0.4, -0.2) is 52.2 Å². The first-order valence-electron chi connectivity index (χ1n) is 12.2. The molecule has 3 rings (SSSR count). The molecule has 2 aromatic rings. The Labute approximate surface area is 211 Å². The second-order valence-corrected chi connectivity index (χ2v) is 13.8. The van der Waals surface area contributed by atoms with E-state index in [0.29, 0.717) is 23.8 Å². The molecule has 194 valence electrons. The van der Waals surface area contributed by atoms with Crippen molar-refractivity contribution >= 4 is 31.1 Å². The molecule has 0 bridgehead atoms. The maximum Gasteiger partial charge on any atom is 0.264 e. The minimum atomic E-state index is -3.93. The Balaban J connectivity index is 2.02. The number of hydrogen-bond donors (Lipinski definition) is 1. The highest BCUT2D eigenvalue weighted by atomic mass is 32.2. The number of nitrogens with zero attached hydrogens (tertiary/aromatic N) is 2. The molecule has 1 fully saturated rings. The third kappa shape index (κ3) is 6.77. The maximum absolute atomic E-state index is 13.8. The molecule has 0 amide bonds. The van der Waals surface area contributed by atoms with Crippen molar-refractivity contribution < 1.29 is 17.4 Å². The minimum absolute atomic E-state index is 0.0535. The van der Waals surface area contributed by atoms with Gasteiger partial charge < -0.3 is 9.64 Å². The second kappa shape index (κ2) is 11.3. The van der Waals surface area contributed by atoms with Crippen LogP contribution in [0.4, 0.5) is 11.4 Å². The molecule has 1 saturated heterocycles. The van der Waals surface area contributed by atoms with Crippen molar-refractivity contribution in [3.63, 3.8) is 0 Å². The molecule has 1 N–H and O–H groups in total. The van der Waals surface area contributed by atoms with Gasteiger partial charge >= 0.3 is 0 Å². The predicted molar refractivity (Wildman–Crippen MR) is 143 cm³/mol. The predicted octanol–water partition coefficient (Wildman–Crippen LogP) is 5.00. The first kappa shape index (κ1) is 27.5. The number of rotatable bonds is 10. The molecule has 1 unspecified atom stereocenters. The average molecular weight is 522 g/mol. The molecule has 7 nitrogen and oxygen atoms in total. The average Bonchev–Trinajstić information content (AvgIpc) is 2.82. The monoisotopic (exact) mass is 521 g/mol. The van der Waals surface area contributed by atoms with Crippen LogP contribution < -0.4 is 9.21 Å². The zero-order chi connectivity index (χ0) is 25.8. The molecular weight excluding hydrogens is 482 g/mol. The second-order valence-electron chi connectivity index (χ2n) is 9.86. The van der Waals surface area contributed by atoms with Crippen LogP contribution in [0.3, 0.4) is 0 Å². The zero-order valence-corrected chi connectivity index (χ0v) is 23.1.